The molecule has 1 amide bonds. The third-order valence-electron chi connectivity index (χ3n) is 3.39. The standard InChI is InChI=1S/C13H15Cl2NO2/c1-12(8-13(12,14)15)11(17)16-7-9-5-3-4-6-10(9)18-2/h3-6H,7-8H2,1-2H3,(H,16,17)/t12-/m1/s1. The molecule has 0 aromatic heterocycles. The number of hydrogen-bond acceptors (Lipinski definition) is 2. The highest BCUT2D eigenvalue weighted by Crippen LogP contribution is 2.63. The Morgan fingerprint density at radius 3 is 2.61 bits per heavy atom. The number of carbonyl (C=O) groups excluding carboxylic acids is 1. The second kappa shape index (κ2) is 4.63. The molecule has 0 saturated heterocycles. The van der Waals surface area contributed by atoms with Crippen molar-refractivity contribution in [1.29, 1.82) is 0 Å². The van der Waals surface area contributed by atoms with Gasteiger partial charge in [-0.3, -0.25) is 4.79 Å². The molecule has 0 bridgehead atoms. The van der Waals surface area contributed by atoms with Crippen LogP contribution in [0.3, 0.4) is 0 Å². The minimum absolute atomic E-state index is 0.126. The second-order valence-corrected chi connectivity index (χ2v) is 6.19. The lowest BCUT2D eigenvalue weighted by molar-refractivity contribution is -0.125. The molecule has 1 saturated carbocycles. The monoisotopic (exact) mass is 287 g/mol. The van der Waals surface area contributed by atoms with Gasteiger partial charge in [-0.1, -0.05) is 18.2 Å². The molecule has 0 heterocycles. The first-order valence-corrected chi connectivity index (χ1v) is 6.44. The fourth-order valence-corrected chi connectivity index (χ4v) is 2.57. The maximum Gasteiger partial charge on any atom is 0.229 e. The van der Waals surface area contributed by atoms with E-state index in [1.54, 1.807) is 14.0 Å². The zero-order valence-corrected chi connectivity index (χ0v) is 11.8. The molecule has 1 aliphatic rings. The van der Waals surface area contributed by atoms with Crippen molar-refractivity contribution in [3.05, 3.63) is 29.8 Å². The number of nitrogens with one attached hydrogen (secondary N) is 1. The van der Waals surface area contributed by atoms with Crippen LogP contribution in [0.2, 0.25) is 0 Å². The molecule has 1 aromatic rings. The van der Waals surface area contributed by atoms with Crippen LogP contribution in [0.25, 0.3) is 0 Å². The largest absolute Gasteiger partial charge is 0.496 e. The summed E-state index contributed by atoms with van der Waals surface area (Å²) in [6.07, 6.45) is 0.487. The summed E-state index contributed by atoms with van der Waals surface area (Å²) in [5, 5.41) is 2.84. The molecule has 0 spiro atoms. The number of amides is 1. The topological polar surface area (TPSA) is 38.3 Å². The lowest BCUT2D eigenvalue weighted by Gasteiger charge is -2.14. The zero-order chi connectivity index (χ0) is 13.4. The quantitative estimate of drug-likeness (QED) is 0.865. The molecule has 0 radical (unpaired) electrons. The third kappa shape index (κ3) is 2.29. The molecule has 0 aliphatic heterocycles. The zero-order valence-electron chi connectivity index (χ0n) is 10.3. The Hall–Kier alpha value is -0.930. The third-order valence-corrected chi connectivity index (χ3v) is 4.49. The van der Waals surface area contributed by atoms with Crippen LogP contribution in [0.1, 0.15) is 18.9 Å². The van der Waals surface area contributed by atoms with E-state index in [4.69, 9.17) is 27.9 Å². The Bertz CT molecular complexity index is 476. The number of halogens is 2. The van der Waals surface area contributed by atoms with E-state index in [9.17, 15) is 4.79 Å². The fraction of sp³-hybridized carbons (Fsp3) is 0.462. The Morgan fingerprint density at radius 2 is 2.06 bits per heavy atom. The first kappa shape index (κ1) is 13.5. The van der Waals surface area contributed by atoms with Crippen molar-refractivity contribution in [2.45, 2.75) is 24.2 Å². The van der Waals surface area contributed by atoms with Gasteiger partial charge in [-0.05, 0) is 19.4 Å². The van der Waals surface area contributed by atoms with Crippen molar-refractivity contribution >= 4 is 29.1 Å². The molecular weight excluding hydrogens is 273 g/mol. The molecule has 2 rings (SSSR count). The summed E-state index contributed by atoms with van der Waals surface area (Å²) in [6.45, 7) is 2.17. The van der Waals surface area contributed by atoms with Gasteiger partial charge in [0.1, 0.15) is 10.1 Å². The second-order valence-electron chi connectivity index (χ2n) is 4.71. The Morgan fingerprint density at radius 1 is 1.44 bits per heavy atom. The molecule has 5 heteroatoms. The van der Waals surface area contributed by atoms with Gasteiger partial charge in [0.15, 0.2) is 0 Å². The van der Waals surface area contributed by atoms with Crippen molar-refractivity contribution in [2.75, 3.05) is 7.11 Å². The Kier molecular flexibility index (Phi) is 3.47. The highest BCUT2D eigenvalue weighted by atomic mass is 35.5. The van der Waals surface area contributed by atoms with Gasteiger partial charge in [-0.25, -0.2) is 0 Å². The van der Waals surface area contributed by atoms with Crippen LogP contribution in [-0.2, 0) is 11.3 Å². The molecule has 98 valence electrons. The fourth-order valence-electron chi connectivity index (χ4n) is 1.87. The maximum absolute atomic E-state index is 12.0. The number of alkyl halides is 2. The van der Waals surface area contributed by atoms with Gasteiger partial charge in [0, 0.05) is 12.1 Å². The number of hydrogen-bond donors (Lipinski definition) is 1. The predicted molar refractivity (Wildman–Crippen MR) is 72.0 cm³/mol. The van der Waals surface area contributed by atoms with E-state index in [2.05, 4.69) is 5.32 Å². The van der Waals surface area contributed by atoms with E-state index in [1.807, 2.05) is 24.3 Å². The summed E-state index contributed by atoms with van der Waals surface area (Å²) in [6, 6.07) is 7.54. The molecule has 1 aliphatic carbocycles. The van der Waals surface area contributed by atoms with Crippen molar-refractivity contribution in [2.24, 2.45) is 5.41 Å². The summed E-state index contributed by atoms with van der Waals surface area (Å²) >= 11 is 11.9. The summed E-state index contributed by atoms with van der Waals surface area (Å²) in [5.41, 5.74) is 0.241. The number of ether oxygens (including phenoxy) is 1. The van der Waals surface area contributed by atoms with Crippen LogP contribution >= 0.6 is 23.2 Å². The van der Waals surface area contributed by atoms with Crippen molar-refractivity contribution in [3.8, 4) is 5.75 Å². The van der Waals surface area contributed by atoms with Gasteiger partial charge in [0.05, 0.1) is 12.5 Å². The molecule has 1 fully saturated rings. The van der Waals surface area contributed by atoms with Gasteiger partial charge in [-0.15, -0.1) is 23.2 Å². The molecule has 3 nitrogen and oxygen atoms in total. The number of benzene rings is 1. The van der Waals surface area contributed by atoms with E-state index < -0.39 is 9.75 Å². The summed E-state index contributed by atoms with van der Waals surface area (Å²) in [4.78, 5) is 12.0. The van der Waals surface area contributed by atoms with Crippen LogP contribution < -0.4 is 10.1 Å². The Balaban J connectivity index is 1.99. The Labute approximate surface area is 116 Å². The number of para-hydroxylation sites is 1. The van der Waals surface area contributed by atoms with E-state index in [1.165, 1.54) is 0 Å². The van der Waals surface area contributed by atoms with Crippen molar-refractivity contribution in [3.63, 3.8) is 0 Å². The minimum Gasteiger partial charge on any atom is -0.496 e. The lowest BCUT2D eigenvalue weighted by atomic mass is 10.1. The highest BCUT2D eigenvalue weighted by Gasteiger charge is 2.67. The molecule has 0 unspecified atom stereocenters. The first-order valence-electron chi connectivity index (χ1n) is 5.69. The highest BCUT2D eigenvalue weighted by molar-refractivity contribution is 6.53. The lowest BCUT2D eigenvalue weighted by Crippen LogP contribution is -2.32. The maximum atomic E-state index is 12.0. The van der Waals surface area contributed by atoms with Gasteiger partial charge in [0.25, 0.3) is 0 Å². The van der Waals surface area contributed by atoms with E-state index >= 15 is 0 Å². The normalized spacial score (nSPS) is 24.4. The van der Waals surface area contributed by atoms with E-state index in [-0.39, 0.29) is 5.91 Å². The molecule has 18 heavy (non-hydrogen) atoms. The summed E-state index contributed by atoms with van der Waals surface area (Å²) < 4.78 is 4.28. The molecular formula is C13H15Cl2NO2. The van der Waals surface area contributed by atoms with Crippen LogP contribution in [0.15, 0.2) is 24.3 Å². The van der Waals surface area contributed by atoms with Gasteiger partial charge in [-0.2, -0.15) is 0 Å². The van der Waals surface area contributed by atoms with Gasteiger partial charge >= 0.3 is 0 Å². The van der Waals surface area contributed by atoms with E-state index in [0.717, 1.165) is 11.3 Å². The van der Waals surface area contributed by atoms with Crippen molar-refractivity contribution in [1.82, 2.24) is 5.32 Å². The number of carbonyl (C=O) groups is 1. The molecule has 1 aromatic carbocycles. The van der Waals surface area contributed by atoms with Gasteiger partial charge in [0.2, 0.25) is 5.91 Å². The smallest absolute Gasteiger partial charge is 0.229 e. The summed E-state index contributed by atoms with van der Waals surface area (Å²) in [7, 11) is 1.60. The SMILES string of the molecule is COc1ccccc1CNC(=O)[C@@]1(C)CC1(Cl)Cl. The predicted octanol–water partition coefficient (Wildman–Crippen LogP) is 2.90. The summed E-state index contributed by atoms with van der Waals surface area (Å²) in [5.74, 6) is 0.625. The molecule has 1 atom stereocenters. The minimum atomic E-state index is -0.933. The average molecular weight is 288 g/mol. The van der Waals surface area contributed by atoms with E-state index in [0.29, 0.717) is 13.0 Å². The molecule has 1 N–H and O–H groups in total. The van der Waals surface area contributed by atoms with Crippen LogP contribution in [0, 0.1) is 5.41 Å². The number of rotatable bonds is 4. The number of methoxy groups -OCH3 is 1. The van der Waals surface area contributed by atoms with Crippen LogP contribution in [-0.4, -0.2) is 17.4 Å². The first-order chi connectivity index (χ1) is 8.40. The van der Waals surface area contributed by atoms with Crippen molar-refractivity contribution < 1.29 is 9.53 Å². The van der Waals surface area contributed by atoms with Crippen LogP contribution in [0.4, 0.5) is 0 Å². The van der Waals surface area contributed by atoms with Crippen LogP contribution in [0.5, 0.6) is 5.75 Å². The van der Waals surface area contributed by atoms with Gasteiger partial charge < -0.3 is 10.1 Å². The average Bonchev–Trinajstić information content (AvgIpc) is 2.87.